The van der Waals surface area contributed by atoms with Crippen LogP contribution in [0, 0.1) is 0 Å². The number of hydrogen-bond donors (Lipinski definition) is 1. The number of rotatable bonds is 4. The third-order valence-corrected chi connectivity index (χ3v) is 4.04. The van der Waals surface area contributed by atoms with Crippen molar-refractivity contribution >= 4 is 5.91 Å². The summed E-state index contributed by atoms with van der Waals surface area (Å²) in [5.41, 5.74) is 0.452. The van der Waals surface area contributed by atoms with Crippen LogP contribution in [0.25, 0.3) is 0 Å². The molecule has 122 valence electrons. The van der Waals surface area contributed by atoms with Crippen molar-refractivity contribution in [2.75, 3.05) is 7.11 Å². The fourth-order valence-corrected chi connectivity index (χ4v) is 2.88. The molecule has 1 aliphatic heterocycles. The van der Waals surface area contributed by atoms with Gasteiger partial charge >= 0.3 is 0 Å². The number of ether oxygens (including phenoxy) is 1. The summed E-state index contributed by atoms with van der Waals surface area (Å²) in [7, 11) is 1.51. The van der Waals surface area contributed by atoms with E-state index in [0.717, 1.165) is 24.5 Å². The minimum absolute atomic E-state index is 0.0495. The van der Waals surface area contributed by atoms with Gasteiger partial charge in [0.1, 0.15) is 17.2 Å². The lowest BCUT2D eigenvalue weighted by molar-refractivity contribution is 0.0923. The van der Waals surface area contributed by atoms with Gasteiger partial charge in [-0.2, -0.15) is 0 Å². The van der Waals surface area contributed by atoms with Crippen LogP contribution in [0.2, 0.25) is 0 Å². The number of amides is 1. The van der Waals surface area contributed by atoms with Gasteiger partial charge in [-0.15, -0.1) is 10.2 Å². The summed E-state index contributed by atoms with van der Waals surface area (Å²) in [5.74, 6) is 2.46. The molecule has 0 saturated heterocycles. The highest BCUT2D eigenvalue weighted by Crippen LogP contribution is 2.21. The third kappa shape index (κ3) is 3.04. The zero-order valence-corrected chi connectivity index (χ0v) is 13.6. The topological polar surface area (TPSA) is 81.9 Å². The molecule has 23 heavy (non-hydrogen) atoms. The van der Waals surface area contributed by atoms with Gasteiger partial charge < -0.3 is 14.6 Å². The van der Waals surface area contributed by atoms with Crippen molar-refractivity contribution in [1.82, 2.24) is 25.1 Å². The normalized spacial score (nSPS) is 17.0. The Morgan fingerprint density at radius 3 is 3.00 bits per heavy atom. The predicted octanol–water partition coefficient (Wildman–Crippen LogP) is 1.55. The van der Waals surface area contributed by atoms with Crippen molar-refractivity contribution < 1.29 is 9.53 Å². The highest BCUT2D eigenvalue weighted by Gasteiger charge is 2.26. The van der Waals surface area contributed by atoms with E-state index in [2.05, 4.69) is 38.9 Å². The first-order valence-corrected chi connectivity index (χ1v) is 7.82. The fourth-order valence-electron chi connectivity index (χ4n) is 2.88. The molecule has 2 aromatic rings. The predicted molar refractivity (Wildman–Crippen MR) is 84.5 cm³/mol. The maximum atomic E-state index is 12.5. The average Bonchev–Trinajstić information content (AvgIpc) is 2.98. The Morgan fingerprint density at radius 1 is 1.43 bits per heavy atom. The molecule has 0 aromatic carbocycles. The molecule has 2 aromatic heterocycles. The second-order valence-electron chi connectivity index (χ2n) is 6.01. The van der Waals surface area contributed by atoms with Crippen molar-refractivity contribution in [2.24, 2.45) is 0 Å². The van der Waals surface area contributed by atoms with Gasteiger partial charge in [-0.3, -0.25) is 4.79 Å². The summed E-state index contributed by atoms with van der Waals surface area (Å²) < 4.78 is 7.28. The smallest absolute Gasteiger partial charge is 0.257 e. The van der Waals surface area contributed by atoms with Crippen LogP contribution >= 0.6 is 0 Å². The quantitative estimate of drug-likeness (QED) is 0.925. The van der Waals surface area contributed by atoms with Crippen LogP contribution < -0.4 is 10.1 Å². The van der Waals surface area contributed by atoms with Crippen LogP contribution in [-0.4, -0.2) is 38.8 Å². The maximum Gasteiger partial charge on any atom is 0.257 e. The lowest BCUT2D eigenvalue weighted by Crippen LogP contribution is -2.41. The summed E-state index contributed by atoms with van der Waals surface area (Å²) in [6, 6.07) is 3.49. The number of aromatic nitrogens is 4. The first kappa shape index (κ1) is 15.5. The van der Waals surface area contributed by atoms with Crippen LogP contribution in [0.3, 0.4) is 0 Å². The maximum absolute atomic E-state index is 12.5. The monoisotopic (exact) mass is 315 g/mol. The molecule has 3 heterocycles. The third-order valence-electron chi connectivity index (χ3n) is 4.04. The van der Waals surface area contributed by atoms with E-state index in [0.29, 0.717) is 23.9 Å². The number of aryl methyl sites for hydroxylation is 1. The molecule has 1 atom stereocenters. The number of hydrogen-bond acceptors (Lipinski definition) is 5. The van der Waals surface area contributed by atoms with E-state index >= 15 is 0 Å². The molecule has 1 amide bonds. The minimum Gasteiger partial charge on any atom is -0.480 e. The fraction of sp³-hybridized carbons (Fsp3) is 0.500. The zero-order chi connectivity index (χ0) is 16.4. The number of methoxy groups -OCH3 is 1. The largest absolute Gasteiger partial charge is 0.480 e. The van der Waals surface area contributed by atoms with Crippen molar-refractivity contribution in [3.63, 3.8) is 0 Å². The summed E-state index contributed by atoms with van der Waals surface area (Å²) in [6.07, 6.45) is 3.27. The number of fused-ring (bicyclic) bond motifs is 1. The summed E-state index contributed by atoms with van der Waals surface area (Å²) in [5, 5.41) is 11.6. The van der Waals surface area contributed by atoms with Gasteiger partial charge in [-0.05, 0) is 18.6 Å². The Bertz CT molecular complexity index is 710. The van der Waals surface area contributed by atoms with Gasteiger partial charge in [0.15, 0.2) is 0 Å². The van der Waals surface area contributed by atoms with Crippen molar-refractivity contribution in [3.05, 3.63) is 35.5 Å². The second kappa shape index (κ2) is 6.36. The van der Waals surface area contributed by atoms with Crippen LogP contribution in [0.15, 0.2) is 18.3 Å². The molecule has 0 saturated carbocycles. The molecule has 3 rings (SSSR count). The molecule has 0 spiro atoms. The molecule has 7 heteroatoms. The molecular formula is C16H21N5O2. The Kier molecular flexibility index (Phi) is 4.27. The standard InChI is InChI=1S/C16H21N5O2/c1-10(2)14-20-19-13-7-6-11(9-21(13)14)18-15(22)12-5-4-8-17-16(12)23-3/h4-5,8,10-11H,6-7,9H2,1-3H3,(H,18,22)/t11-/m0/s1. The highest BCUT2D eigenvalue weighted by molar-refractivity contribution is 5.96. The summed E-state index contributed by atoms with van der Waals surface area (Å²) in [4.78, 5) is 16.6. The minimum atomic E-state index is -0.164. The molecule has 0 unspecified atom stereocenters. The molecular weight excluding hydrogens is 294 g/mol. The number of carbonyl (C=O) groups is 1. The Labute approximate surface area is 135 Å². The summed E-state index contributed by atoms with van der Waals surface area (Å²) >= 11 is 0. The first-order valence-electron chi connectivity index (χ1n) is 7.82. The lowest BCUT2D eigenvalue weighted by atomic mass is 10.1. The Balaban J connectivity index is 1.74. The van der Waals surface area contributed by atoms with Crippen molar-refractivity contribution in [2.45, 2.75) is 45.2 Å². The molecule has 0 fully saturated rings. The van der Waals surface area contributed by atoms with Crippen LogP contribution in [-0.2, 0) is 13.0 Å². The molecule has 7 nitrogen and oxygen atoms in total. The second-order valence-corrected chi connectivity index (χ2v) is 6.01. The molecule has 0 radical (unpaired) electrons. The SMILES string of the molecule is COc1ncccc1C(=O)N[C@H]1CCc2nnc(C(C)C)n2C1. The molecule has 1 aliphatic rings. The molecule has 1 N–H and O–H groups in total. The van der Waals surface area contributed by atoms with E-state index in [-0.39, 0.29) is 11.9 Å². The van der Waals surface area contributed by atoms with Gasteiger partial charge in [0.2, 0.25) is 5.88 Å². The summed E-state index contributed by atoms with van der Waals surface area (Å²) in [6.45, 7) is 4.89. The Hall–Kier alpha value is -2.44. The van der Waals surface area contributed by atoms with E-state index in [4.69, 9.17) is 4.74 Å². The van der Waals surface area contributed by atoms with Gasteiger partial charge in [-0.1, -0.05) is 13.8 Å². The van der Waals surface area contributed by atoms with E-state index in [1.54, 1.807) is 18.3 Å². The van der Waals surface area contributed by atoms with Gasteiger partial charge in [0, 0.05) is 31.1 Å². The van der Waals surface area contributed by atoms with Crippen LogP contribution in [0.4, 0.5) is 0 Å². The van der Waals surface area contributed by atoms with E-state index in [9.17, 15) is 4.79 Å². The van der Waals surface area contributed by atoms with E-state index < -0.39 is 0 Å². The van der Waals surface area contributed by atoms with Gasteiger partial charge in [0.25, 0.3) is 5.91 Å². The van der Waals surface area contributed by atoms with Crippen molar-refractivity contribution in [3.8, 4) is 5.88 Å². The number of nitrogens with one attached hydrogen (secondary N) is 1. The van der Waals surface area contributed by atoms with Gasteiger partial charge in [-0.25, -0.2) is 4.98 Å². The van der Waals surface area contributed by atoms with Gasteiger partial charge in [0.05, 0.1) is 7.11 Å². The number of nitrogens with zero attached hydrogens (tertiary/aromatic N) is 4. The number of pyridine rings is 1. The first-order chi connectivity index (χ1) is 11.1. The van der Waals surface area contributed by atoms with Crippen LogP contribution in [0.1, 0.15) is 48.2 Å². The zero-order valence-electron chi connectivity index (χ0n) is 13.6. The molecule has 0 aliphatic carbocycles. The van der Waals surface area contributed by atoms with Crippen LogP contribution in [0.5, 0.6) is 5.88 Å². The highest BCUT2D eigenvalue weighted by atomic mass is 16.5. The van der Waals surface area contributed by atoms with E-state index in [1.807, 2.05) is 0 Å². The van der Waals surface area contributed by atoms with Crippen molar-refractivity contribution in [1.29, 1.82) is 0 Å². The lowest BCUT2D eigenvalue weighted by Gasteiger charge is -2.26. The molecule has 0 bridgehead atoms. The van der Waals surface area contributed by atoms with E-state index in [1.165, 1.54) is 7.11 Å². The average molecular weight is 315 g/mol. The number of carbonyl (C=O) groups excluding carboxylic acids is 1. The Morgan fingerprint density at radius 2 is 2.26 bits per heavy atom.